The average Bonchev–Trinajstić information content (AvgIpc) is 2.80. The maximum atomic E-state index is 6.32. The van der Waals surface area contributed by atoms with Crippen molar-refractivity contribution < 1.29 is 0 Å². The van der Waals surface area contributed by atoms with Crippen LogP contribution < -0.4 is 20.9 Å². The number of nitrogens with one attached hydrogen (secondary N) is 3. The maximum absolute atomic E-state index is 6.32. The Morgan fingerprint density at radius 3 is 2.53 bits per heavy atom. The lowest BCUT2D eigenvalue weighted by molar-refractivity contribution is 0.336. The van der Waals surface area contributed by atoms with Crippen LogP contribution in [0.1, 0.15) is 31.2 Å². The third-order valence-corrected chi connectivity index (χ3v) is 6.99. The van der Waals surface area contributed by atoms with Crippen molar-refractivity contribution in [3.8, 4) is 0 Å². The van der Waals surface area contributed by atoms with Gasteiger partial charge in [0.2, 0.25) is 5.95 Å². The normalized spacial score (nSPS) is 17.9. The van der Waals surface area contributed by atoms with Gasteiger partial charge in [0.05, 0.1) is 16.2 Å². The summed E-state index contributed by atoms with van der Waals surface area (Å²) in [6.07, 6.45) is 4.37. The van der Waals surface area contributed by atoms with Crippen LogP contribution >= 0.6 is 35.4 Å². The lowest BCUT2D eigenvalue weighted by Crippen LogP contribution is -2.36. The van der Waals surface area contributed by atoms with Crippen LogP contribution in [0, 0.1) is 12.8 Å². The molecule has 0 radical (unpaired) electrons. The van der Waals surface area contributed by atoms with E-state index in [1.807, 2.05) is 50.2 Å². The van der Waals surface area contributed by atoms with E-state index in [0.717, 1.165) is 60.2 Å². The van der Waals surface area contributed by atoms with Crippen molar-refractivity contribution in [1.82, 2.24) is 15.3 Å². The number of hydrogen-bond donors (Lipinski definition) is 3. The van der Waals surface area contributed by atoms with Gasteiger partial charge in [-0.25, -0.2) is 4.98 Å². The van der Waals surface area contributed by atoms with Gasteiger partial charge in [0.25, 0.3) is 0 Å². The number of fused-ring (bicyclic) bond motifs is 1. The molecule has 0 unspecified atom stereocenters. The fourth-order valence-electron chi connectivity index (χ4n) is 4.41. The second kappa shape index (κ2) is 10.9. The standard InChI is InChI=1S/C25H30Cl2N6S/c1-15-12-17(26)13-20(27)22(15)31-25(34)28-14-16-8-10-18(11-9-16)29-24-30-21-7-5-4-6-19(21)23(32-24)33(2)3/h4-7,12-13,16,18H,8-11,14H2,1-3H3,(H2,28,31,34)(H,29,30,32). The minimum absolute atomic E-state index is 0.369. The fourth-order valence-corrected chi connectivity index (χ4v) is 5.24. The third-order valence-electron chi connectivity index (χ3n) is 6.23. The average molecular weight is 518 g/mol. The summed E-state index contributed by atoms with van der Waals surface area (Å²) < 4.78 is 0. The largest absolute Gasteiger partial charge is 0.362 e. The molecule has 1 aliphatic rings. The first-order chi connectivity index (χ1) is 16.3. The Morgan fingerprint density at radius 2 is 1.82 bits per heavy atom. The number of aromatic nitrogens is 2. The molecule has 0 spiro atoms. The molecule has 1 saturated carbocycles. The summed E-state index contributed by atoms with van der Waals surface area (Å²) in [7, 11) is 4.02. The number of nitrogens with zero attached hydrogens (tertiary/aromatic N) is 3. The Kier molecular flexibility index (Phi) is 7.96. The Hall–Kier alpha value is -2.35. The molecule has 2 aromatic carbocycles. The SMILES string of the molecule is Cc1cc(Cl)cc(Cl)c1NC(=S)NCC1CCC(Nc2nc(N(C)C)c3ccccc3n2)CC1. The van der Waals surface area contributed by atoms with Crippen molar-refractivity contribution in [3.05, 3.63) is 52.0 Å². The van der Waals surface area contributed by atoms with Crippen molar-refractivity contribution in [2.45, 2.75) is 38.6 Å². The highest BCUT2D eigenvalue weighted by molar-refractivity contribution is 7.80. The smallest absolute Gasteiger partial charge is 0.225 e. The number of halogens is 2. The van der Waals surface area contributed by atoms with E-state index in [9.17, 15) is 0 Å². The number of rotatable bonds is 6. The molecule has 9 heteroatoms. The number of thiocarbonyl (C=S) groups is 1. The molecule has 0 atom stereocenters. The topological polar surface area (TPSA) is 65.1 Å². The van der Waals surface area contributed by atoms with E-state index in [2.05, 4.69) is 22.0 Å². The number of aryl methyl sites for hydroxylation is 1. The molecular weight excluding hydrogens is 487 g/mol. The molecule has 1 heterocycles. The molecule has 34 heavy (non-hydrogen) atoms. The summed E-state index contributed by atoms with van der Waals surface area (Å²) >= 11 is 17.9. The quantitative estimate of drug-likeness (QED) is 0.333. The van der Waals surface area contributed by atoms with Gasteiger partial charge in [0.1, 0.15) is 5.82 Å². The number of benzene rings is 2. The van der Waals surface area contributed by atoms with Crippen LogP contribution in [0.5, 0.6) is 0 Å². The van der Waals surface area contributed by atoms with E-state index in [-0.39, 0.29) is 0 Å². The first-order valence-electron chi connectivity index (χ1n) is 11.5. The van der Waals surface area contributed by atoms with E-state index in [1.165, 1.54) is 0 Å². The summed E-state index contributed by atoms with van der Waals surface area (Å²) in [6, 6.07) is 12.1. The van der Waals surface area contributed by atoms with Crippen LogP contribution in [0.2, 0.25) is 10.0 Å². The maximum Gasteiger partial charge on any atom is 0.225 e. The summed E-state index contributed by atoms with van der Waals surface area (Å²) in [5.41, 5.74) is 2.71. The van der Waals surface area contributed by atoms with Gasteiger partial charge in [-0.15, -0.1) is 0 Å². The zero-order valence-corrected chi connectivity index (χ0v) is 22.0. The van der Waals surface area contributed by atoms with Crippen LogP contribution in [-0.2, 0) is 0 Å². The molecule has 1 aromatic heterocycles. The molecule has 3 N–H and O–H groups in total. The monoisotopic (exact) mass is 516 g/mol. The van der Waals surface area contributed by atoms with Crippen molar-refractivity contribution >= 4 is 68.9 Å². The lowest BCUT2D eigenvalue weighted by Gasteiger charge is -2.30. The molecule has 0 saturated heterocycles. The predicted molar refractivity (Wildman–Crippen MR) is 149 cm³/mol. The van der Waals surface area contributed by atoms with Crippen LogP contribution in [-0.4, -0.2) is 41.8 Å². The molecule has 0 bridgehead atoms. The van der Waals surface area contributed by atoms with Gasteiger partial charge in [0.15, 0.2) is 5.11 Å². The van der Waals surface area contributed by atoms with E-state index >= 15 is 0 Å². The molecule has 180 valence electrons. The summed E-state index contributed by atoms with van der Waals surface area (Å²) in [5, 5.41) is 13.0. The van der Waals surface area contributed by atoms with Crippen LogP contribution in [0.4, 0.5) is 17.5 Å². The minimum atomic E-state index is 0.369. The van der Waals surface area contributed by atoms with Crippen molar-refractivity contribution in [3.63, 3.8) is 0 Å². The Bertz CT molecular complexity index is 1150. The molecule has 0 amide bonds. The summed E-state index contributed by atoms with van der Waals surface area (Å²) in [5.74, 6) is 2.20. The molecule has 1 aliphatic carbocycles. The van der Waals surface area contributed by atoms with Gasteiger partial charge in [-0.3, -0.25) is 0 Å². The highest BCUT2D eigenvalue weighted by Gasteiger charge is 2.22. The molecule has 1 fully saturated rings. The predicted octanol–water partition coefficient (Wildman–Crippen LogP) is 6.27. The second-order valence-electron chi connectivity index (χ2n) is 9.06. The Labute approximate surface area is 216 Å². The molecule has 3 aromatic rings. The molecule has 6 nitrogen and oxygen atoms in total. The third kappa shape index (κ3) is 6.01. The first-order valence-corrected chi connectivity index (χ1v) is 12.7. The number of anilines is 3. The van der Waals surface area contributed by atoms with Crippen LogP contribution in [0.3, 0.4) is 0 Å². The molecule has 0 aliphatic heterocycles. The Morgan fingerprint density at radius 1 is 1.09 bits per heavy atom. The van der Waals surface area contributed by atoms with Gasteiger partial charge in [-0.1, -0.05) is 35.3 Å². The first kappa shape index (κ1) is 24.8. The van der Waals surface area contributed by atoms with E-state index in [1.54, 1.807) is 6.07 Å². The highest BCUT2D eigenvalue weighted by Crippen LogP contribution is 2.30. The van der Waals surface area contributed by atoms with Gasteiger partial charge < -0.3 is 20.9 Å². The van der Waals surface area contributed by atoms with Crippen LogP contribution in [0.25, 0.3) is 10.9 Å². The van der Waals surface area contributed by atoms with Gasteiger partial charge in [-0.2, -0.15) is 4.98 Å². The van der Waals surface area contributed by atoms with E-state index < -0.39 is 0 Å². The van der Waals surface area contributed by atoms with Gasteiger partial charge >= 0.3 is 0 Å². The molecular formula is C25H30Cl2N6S. The zero-order valence-electron chi connectivity index (χ0n) is 19.7. The van der Waals surface area contributed by atoms with Crippen molar-refractivity contribution in [2.24, 2.45) is 5.92 Å². The second-order valence-corrected chi connectivity index (χ2v) is 10.3. The number of hydrogen-bond acceptors (Lipinski definition) is 5. The van der Waals surface area contributed by atoms with E-state index in [0.29, 0.717) is 33.1 Å². The Balaban J connectivity index is 1.28. The number of para-hydroxylation sites is 1. The summed E-state index contributed by atoms with van der Waals surface area (Å²) in [6.45, 7) is 2.79. The van der Waals surface area contributed by atoms with Gasteiger partial charge in [0, 0.05) is 37.1 Å². The minimum Gasteiger partial charge on any atom is -0.362 e. The highest BCUT2D eigenvalue weighted by atomic mass is 35.5. The molecule has 4 rings (SSSR count). The van der Waals surface area contributed by atoms with E-state index in [4.69, 9.17) is 45.4 Å². The van der Waals surface area contributed by atoms with Crippen molar-refractivity contribution in [1.29, 1.82) is 0 Å². The van der Waals surface area contributed by atoms with Crippen LogP contribution in [0.15, 0.2) is 36.4 Å². The zero-order chi connectivity index (χ0) is 24.2. The fraction of sp³-hybridized carbons (Fsp3) is 0.400. The van der Waals surface area contributed by atoms with Crippen molar-refractivity contribution in [2.75, 3.05) is 36.2 Å². The lowest BCUT2D eigenvalue weighted by atomic mass is 9.86. The van der Waals surface area contributed by atoms with Gasteiger partial charge in [-0.05, 0) is 80.6 Å². The summed E-state index contributed by atoms with van der Waals surface area (Å²) in [4.78, 5) is 11.6.